The molecule has 0 bridgehead atoms. The van der Waals surface area contributed by atoms with E-state index in [-0.39, 0.29) is 18.4 Å². The number of unbranched alkanes of at least 4 members (excludes halogenated alkanes) is 1. The van der Waals surface area contributed by atoms with E-state index in [9.17, 15) is 9.59 Å². The first-order valence-electron chi connectivity index (χ1n) is 10.7. The molecule has 0 fully saturated rings. The fraction of sp³-hybridized carbons (Fsp3) is 0.500. The minimum atomic E-state index is 0.0130. The van der Waals surface area contributed by atoms with Crippen molar-refractivity contribution in [3.63, 3.8) is 0 Å². The molecule has 0 atom stereocenters. The summed E-state index contributed by atoms with van der Waals surface area (Å²) in [6, 6.07) is 13.9. The first kappa shape index (κ1) is 24.1. The summed E-state index contributed by atoms with van der Waals surface area (Å²) in [7, 11) is 1.99. The molecular weight excluding hydrogens is 394 g/mol. The number of hydrogen-bond donors (Lipinski definition) is 0. The predicted octanol–water partition coefficient (Wildman–Crippen LogP) is 4.43. The van der Waals surface area contributed by atoms with Crippen LogP contribution in [0.2, 0.25) is 0 Å². The standard InChI is InChI=1S/C24H35N3O2S/c1-5-6-15-26(24(29)19-30-22-12-8-7-9-13-22)18-23(28)27(16-20(2)3)17-21-11-10-14-25(21)4/h7-14,20H,5-6,15-19H2,1-4H3. The van der Waals surface area contributed by atoms with E-state index >= 15 is 0 Å². The number of nitrogens with zero attached hydrogens (tertiary/aromatic N) is 3. The van der Waals surface area contributed by atoms with Crippen LogP contribution >= 0.6 is 11.8 Å². The van der Waals surface area contributed by atoms with Gasteiger partial charge in [-0.25, -0.2) is 0 Å². The van der Waals surface area contributed by atoms with Crippen molar-refractivity contribution in [2.45, 2.75) is 45.1 Å². The highest BCUT2D eigenvalue weighted by molar-refractivity contribution is 8.00. The average molecular weight is 430 g/mol. The molecule has 0 spiro atoms. The lowest BCUT2D eigenvalue weighted by Gasteiger charge is -2.29. The van der Waals surface area contributed by atoms with E-state index in [1.54, 1.807) is 4.90 Å². The molecule has 2 aromatic rings. The molecule has 6 heteroatoms. The maximum Gasteiger partial charge on any atom is 0.242 e. The molecule has 30 heavy (non-hydrogen) atoms. The molecule has 0 saturated heterocycles. The van der Waals surface area contributed by atoms with Gasteiger partial charge in [0.05, 0.1) is 18.8 Å². The highest BCUT2D eigenvalue weighted by atomic mass is 32.2. The Kier molecular flexibility index (Phi) is 10.0. The number of thioether (sulfide) groups is 1. The van der Waals surface area contributed by atoms with Crippen LogP contribution in [0.3, 0.4) is 0 Å². The Morgan fingerprint density at radius 1 is 1.03 bits per heavy atom. The Balaban J connectivity index is 2.04. The van der Waals surface area contributed by atoms with Gasteiger partial charge >= 0.3 is 0 Å². The van der Waals surface area contributed by atoms with Gasteiger partial charge in [0.2, 0.25) is 11.8 Å². The molecule has 1 aromatic carbocycles. The van der Waals surface area contributed by atoms with Crippen LogP contribution in [0.1, 0.15) is 39.3 Å². The second-order valence-corrected chi connectivity index (χ2v) is 9.10. The van der Waals surface area contributed by atoms with Crippen molar-refractivity contribution in [3.8, 4) is 0 Å². The van der Waals surface area contributed by atoms with E-state index in [1.807, 2.05) is 65.2 Å². The van der Waals surface area contributed by atoms with Gasteiger partial charge < -0.3 is 14.4 Å². The Labute approximate surface area is 185 Å². The van der Waals surface area contributed by atoms with E-state index in [1.165, 1.54) is 11.8 Å². The van der Waals surface area contributed by atoms with Gasteiger partial charge in [-0.05, 0) is 36.6 Å². The average Bonchev–Trinajstić information content (AvgIpc) is 3.13. The maximum absolute atomic E-state index is 13.2. The number of carbonyl (C=O) groups excluding carboxylic acids is 2. The van der Waals surface area contributed by atoms with Gasteiger partial charge in [-0.3, -0.25) is 9.59 Å². The second-order valence-electron chi connectivity index (χ2n) is 8.05. The third kappa shape index (κ3) is 7.90. The van der Waals surface area contributed by atoms with Gasteiger partial charge in [0.1, 0.15) is 0 Å². The molecule has 0 aliphatic heterocycles. The van der Waals surface area contributed by atoms with E-state index in [4.69, 9.17) is 0 Å². The normalized spacial score (nSPS) is 11.0. The topological polar surface area (TPSA) is 45.6 Å². The summed E-state index contributed by atoms with van der Waals surface area (Å²) in [4.78, 5) is 30.8. The number of rotatable bonds is 12. The molecule has 0 saturated carbocycles. The summed E-state index contributed by atoms with van der Waals surface area (Å²) < 4.78 is 2.04. The summed E-state index contributed by atoms with van der Waals surface area (Å²) in [6.07, 6.45) is 3.88. The molecule has 1 heterocycles. The van der Waals surface area contributed by atoms with Crippen LogP contribution in [0.15, 0.2) is 53.6 Å². The number of hydrogen-bond acceptors (Lipinski definition) is 3. The van der Waals surface area contributed by atoms with Crippen molar-refractivity contribution in [3.05, 3.63) is 54.4 Å². The van der Waals surface area contributed by atoms with E-state index < -0.39 is 0 Å². The lowest BCUT2D eigenvalue weighted by Crippen LogP contribution is -2.45. The molecular formula is C24H35N3O2S. The molecule has 0 radical (unpaired) electrons. The van der Waals surface area contributed by atoms with Crippen molar-refractivity contribution in [1.82, 2.24) is 14.4 Å². The van der Waals surface area contributed by atoms with E-state index in [0.717, 1.165) is 23.4 Å². The van der Waals surface area contributed by atoms with Crippen molar-refractivity contribution in [2.24, 2.45) is 13.0 Å². The van der Waals surface area contributed by atoms with Gasteiger partial charge in [-0.1, -0.05) is 45.4 Å². The summed E-state index contributed by atoms with van der Waals surface area (Å²) in [5.41, 5.74) is 1.09. The molecule has 0 aliphatic rings. The van der Waals surface area contributed by atoms with Gasteiger partial charge in [-0.2, -0.15) is 0 Å². The number of carbonyl (C=O) groups is 2. The fourth-order valence-electron chi connectivity index (χ4n) is 3.21. The van der Waals surface area contributed by atoms with E-state index in [2.05, 4.69) is 20.8 Å². The van der Waals surface area contributed by atoms with Crippen molar-refractivity contribution >= 4 is 23.6 Å². The van der Waals surface area contributed by atoms with Crippen molar-refractivity contribution in [2.75, 3.05) is 25.4 Å². The van der Waals surface area contributed by atoms with Crippen LogP contribution in [0, 0.1) is 5.92 Å². The highest BCUT2D eigenvalue weighted by Gasteiger charge is 2.22. The number of aromatic nitrogens is 1. The Bertz CT molecular complexity index is 789. The summed E-state index contributed by atoms with van der Waals surface area (Å²) in [5, 5.41) is 0. The van der Waals surface area contributed by atoms with Crippen LogP contribution < -0.4 is 0 Å². The van der Waals surface area contributed by atoms with Gasteiger partial charge in [0.15, 0.2) is 0 Å². The second kappa shape index (κ2) is 12.5. The fourth-order valence-corrected chi connectivity index (χ4v) is 4.03. The first-order chi connectivity index (χ1) is 14.4. The number of benzene rings is 1. The first-order valence-corrected chi connectivity index (χ1v) is 11.7. The molecule has 5 nitrogen and oxygen atoms in total. The van der Waals surface area contributed by atoms with Crippen LogP contribution in [0.25, 0.3) is 0 Å². The third-order valence-corrected chi connectivity index (χ3v) is 5.91. The Hall–Kier alpha value is -2.21. The van der Waals surface area contributed by atoms with Crippen LogP contribution in [0.5, 0.6) is 0 Å². The SMILES string of the molecule is CCCCN(CC(=O)N(Cc1cccn1C)CC(C)C)C(=O)CSc1ccccc1. The molecule has 2 rings (SSSR count). The zero-order chi connectivity index (χ0) is 21.9. The molecule has 164 valence electrons. The van der Waals surface area contributed by atoms with Gasteiger partial charge in [-0.15, -0.1) is 11.8 Å². The highest BCUT2D eigenvalue weighted by Crippen LogP contribution is 2.18. The zero-order valence-corrected chi connectivity index (χ0v) is 19.5. The minimum Gasteiger partial charge on any atom is -0.353 e. The van der Waals surface area contributed by atoms with Crippen LogP contribution in [-0.2, 0) is 23.2 Å². The lowest BCUT2D eigenvalue weighted by atomic mass is 10.2. The molecule has 1 aromatic heterocycles. The third-order valence-electron chi connectivity index (χ3n) is 4.91. The monoisotopic (exact) mass is 429 g/mol. The predicted molar refractivity (Wildman–Crippen MR) is 124 cm³/mol. The largest absolute Gasteiger partial charge is 0.353 e. The van der Waals surface area contributed by atoms with Crippen LogP contribution in [0.4, 0.5) is 0 Å². The summed E-state index contributed by atoms with van der Waals surface area (Å²) >= 11 is 1.52. The Morgan fingerprint density at radius 2 is 1.77 bits per heavy atom. The van der Waals surface area contributed by atoms with Crippen LogP contribution in [-0.4, -0.2) is 51.6 Å². The van der Waals surface area contributed by atoms with Gasteiger partial charge in [0, 0.05) is 36.9 Å². The molecule has 2 amide bonds. The van der Waals surface area contributed by atoms with Crippen molar-refractivity contribution in [1.29, 1.82) is 0 Å². The van der Waals surface area contributed by atoms with Gasteiger partial charge in [0.25, 0.3) is 0 Å². The molecule has 0 N–H and O–H groups in total. The summed E-state index contributed by atoms with van der Waals surface area (Å²) in [5.74, 6) is 0.749. The molecule has 0 unspecified atom stereocenters. The Morgan fingerprint density at radius 3 is 2.37 bits per heavy atom. The minimum absolute atomic E-state index is 0.0130. The zero-order valence-electron chi connectivity index (χ0n) is 18.7. The smallest absolute Gasteiger partial charge is 0.242 e. The lowest BCUT2D eigenvalue weighted by molar-refractivity contribution is -0.140. The van der Waals surface area contributed by atoms with Crippen molar-refractivity contribution < 1.29 is 9.59 Å². The van der Waals surface area contributed by atoms with E-state index in [0.29, 0.717) is 31.3 Å². The number of amides is 2. The molecule has 0 aliphatic carbocycles. The quantitative estimate of drug-likeness (QED) is 0.469. The maximum atomic E-state index is 13.2. The number of aryl methyl sites for hydroxylation is 1. The summed E-state index contributed by atoms with van der Waals surface area (Å²) in [6.45, 7) is 8.34.